The molecule has 134 valence electrons. The summed E-state index contributed by atoms with van der Waals surface area (Å²) in [4.78, 5) is 12.0. The van der Waals surface area contributed by atoms with Crippen molar-refractivity contribution < 1.29 is 13.9 Å². The van der Waals surface area contributed by atoms with E-state index in [1.807, 2.05) is 69.3 Å². The summed E-state index contributed by atoms with van der Waals surface area (Å²) in [6.07, 6.45) is 0.244. The van der Waals surface area contributed by atoms with Crippen LogP contribution in [0.3, 0.4) is 0 Å². The van der Waals surface area contributed by atoms with E-state index in [4.69, 9.17) is 21.4 Å². The van der Waals surface area contributed by atoms with Crippen LogP contribution in [0, 0.1) is 17.4 Å². The maximum absolute atomic E-state index is 12.0. The summed E-state index contributed by atoms with van der Waals surface area (Å²) in [7, 11) is 0. The van der Waals surface area contributed by atoms with Gasteiger partial charge < -0.3 is 9.15 Å². The number of hydrogen-bond donors (Lipinski definition) is 0. The molecule has 4 heteroatoms. The van der Waals surface area contributed by atoms with E-state index in [2.05, 4.69) is 0 Å². The number of hydrogen-bond acceptors (Lipinski definition) is 4. The van der Waals surface area contributed by atoms with Crippen LogP contribution in [0.4, 0.5) is 0 Å². The van der Waals surface area contributed by atoms with Crippen LogP contribution in [0.25, 0.3) is 22.3 Å². The van der Waals surface area contributed by atoms with Gasteiger partial charge >= 0.3 is 5.97 Å². The Balaban J connectivity index is 1.88. The van der Waals surface area contributed by atoms with E-state index in [1.54, 1.807) is 0 Å². The second kappa shape index (κ2) is 7.83. The van der Waals surface area contributed by atoms with Gasteiger partial charge in [-0.3, -0.25) is 4.79 Å². The molecule has 1 aromatic heterocycles. The molecule has 0 N–H and O–H groups in total. The molecule has 0 saturated carbocycles. The van der Waals surface area contributed by atoms with Gasteiger partial charge in [0, 0.05) is 17.0 Å². The molecular formula is C22H22O3S. The minimum Gasteiger partial charge on any atom is -0.465 e. The molecule has 0 aliphatic carbocycles. The van der Waals surface area contributed by atoms with Crippen molar-refractivity contribution in [2.24, 2.45) is 5.92 Å². The van der Waals surface area contributed by atoms with Gasteiger partial charge in [-0.25, -0.2) is 0 Å². The van der Waals surface area contributed by atoms with E-state index < -0.39 is 0 Å². The molecule has 0 atom stereocenters. The predicted octanol–water partition coefficient (Wildman–Crippen LogP) is 5.88. The first-order valence-corrected chi connectivity index (χ1v) is 9.12. The first-order valence-electron chi connectivity index (χ1n) is 8.72. The third kappa shape index (κ3) is 4.38. The Morgan fingerprint density at radius 3 is 2.73 bits per heavy atom. The first-order chi connectivity index (χ1) is 12.4. The molecule has 0 amide bonds. The lowest BCUT2D eigenvalue weighted by Crippen LogP contribution is -2.12. The molecule has 3 rings (SSSR count). The molecule has 1 heterocycles. The number of carbonyl (C=O) groups is 1. The number of ether oxygens (including phenoxy) is 1. The van der Waals surface area contributed by atoms with Crippen LogP contribution in [0.1, 0.15) is 25.0 Å². The Morgan fingerprint density at radius 1 is 1.15 bits per heavy atom. The highest BCUT2D eigenvalue weighted by Gasteiger charge is 2.09. The van der Waals surface area contributed by atoms with Crippen molar-refractivity contribution in [3.63, 3.8) is 0 Å². The molecule has 0 bridgehead atoms. The van der Waals surface area contributed by atoms with E-state index >= 15 is 0 Å². The minimum atomic E-state index is -0.217. The Morgan fingerprint density at radius 2 is 1.96 bits per heavy atom. The third-order valence-corrected chi connectivity index (χ3v) is 4.36. The number of aryl methyl sites for hydroxylation is 1. The molecule has 26 heavy (non-hydrogen) atoms. The van der Waals surface area contributed by atoms with Crippen LogP contribution in [0.5, 0.6) is 0 Å². The van der Waals surface area contributed by atoms with Crippen molar-refractivity contribution in [1.29, 1.82) is 0 Å². The summed E-state index contributed by atoms with van der Waals surface area (Å²) in [5.41, 5.74) is 3.70. The van der Waals surface area contributed by atoms with Gasteiger partial charge in [0.2, 0.25) is 0 Å². The van der Waals surface area contributed by atoms with E-state index in [1.165, 1.54) is 0 Å². The zero-order valence-corrected chi connectivity index (χ0v) is 16.1. The van der Waals surface area contributed by atoms with Crippen LogP contribution < -0.4 is 0 Å². The van der Waals surface area contributed by atoms with E-state index in [9.17, 15) is 4.79 Å². The highest BCUT2D eigenvalue weighted by molar-refractivity contribution is 7.71. The SMILES string of the molecule is Cc1ccc2oc(-c3cccc(CC(=O)OCC(C)C)c3)cc(=S)c2c1. The summed E-state index contributed by atoms with van der Waals surface area (Å²) < 4.78 is 12.1. The van der Waals surface area contributed by atoms with Crippen LogP contribution in [0.15, 0.2) is 52.9 Å². The molecular weight excluding hydrogens is 344 g/mol. The smallest absolute Gasteiger partial charge is 0.310 e. The number of rotatable bonds is 5. The van der Waals surface area contributed by atoms with E-state index in [-0.39, 0.29) is 12.4 Å². The highest BCUT2D eigenvalue weighted by Crippen LogP contribution is 2.27. The lowest BCUT2D eigenvalue weighted by Gasteiger charge is -2.09. The van der Waals surface area contributed by atoms with Crippen molar-refractivity contribution in [3.8, 4) is 11.3 Å². The molecule has 0 aliphatic rings. The molecule has 0 unspecified atom stereocenters. The number of benzene rings is 2. The van der Waals surface area contributed by atoms with Gasteiger partial charge in [-0.1, -0.05) is 55.9 Å². The van der Waals surface area contributed by atoms with Crippen molar-refractivity contribution in [2.45, 2.75) is 27.2 Å². The monoisotopic (exact) mass is 366 g/mol. The molecule has 2 aromatic carbocycles. The zero-order chi connectivity index (χ0) is 18.7. The summed E-state index contributed by atoms with van der Waals surface area (Å²) in [5.74, 6) is 0.810. The summed E-state index contributed by atoms with van der Waals surface area (Å²) >= 11 is 5.53. The summed E-state index contributed by atoms with van der Waals surface area (Å²) in [6.45, 7) is 6.51. The predicted molar refractivity (Wildman–Crippen MR) is 107 cm³/mol. The quantitative estimate of drug-likeness (QED) is 0.417. The first kappa shape index (κ1) is 18.3. The van der Waals surface area contributed by atoms with Crippen LogP contribution in [0.2, 0.25) is 0 Å². The van der Waals surface area contributed by atoms with Gasteiger partial charge in [0.1, 0.15) is 11.3 Å². The van der Waals surface area contributed by atoms with Gasteiger partial charge in [-0.05, 0) is 36.6 Å². The third-order valence-electron chi connectivity index (χ3n) is 4.02. The van der Waals surface area contributed by atoms with Gasteiger partial charge in [-0.2, -0.15) is 0 Å². The van der Waals surface area contributed by atoms with Gasteiger partial charge in [-0.15, -0.1) is 0 Å². The maximum Gasteiger partial charge on any atom is 0.310 e. The highest BCUT2D eigenvalue weighted by atomic mass is 32.1. The summed E-state index contributed by atoms with van der Waals surface area (Å²) in [5, 5.41) is 0.942. The fourth-order valence-corrected chi connectivity index (χ4v) is 2.99. The fourth-order valence-electron chi connectivity index (χ4n) is 2.72. The molecule has 0 radical (unpaired) electrons. The number of carbonyl (C=O) groups excluding carboxylic acids is 1. The van der Waals surface area contributed by atoms with Crippen LogP contribution in [-0.2, 0) is 16.0 Å². The van der Waals surface area contributed by atoms with Crippen molar-refractivity contribution in [1.82, 2.24) is 0 Å². The Bertz CT molecular complexity index is 1000. The van der Waals surface area contributed by atoms with Crippen molar-refractivity contribution in [2.75, 3.05) is 6.61 Å². The Kier molecular flexibility index (Phi) is 5.52. The van der Waals surface area contributed by atoms with Gasteiger partial charge in [0.25, 0.3) is 0 Å². The van der Waals surface area contributed by atoms with Gasteiger partial charge in [0.05, 0.1) is 17.5 Å². The second-order valence-electron chi connectivity index (χ2n) is 6.93. The van der Waals surface area contributed by atoms with E-state index in [0.717, 1.165) is 32.2 Å². The molecule has 0 spiro atoms. The lowest BCUT2D eigenvalue weighted by molar-refractivity contribution is -0.143. The summed E-state index contributed by atoms with van der Waals surface area (Å²) in [6, 6.07) is 15.6. The average molecular weight is 366 g/mol. The zero-order valence-electron chi connectivity index (χ0n) is 15.2. The second-order valence-corrected chi connectivity index (χ2v) is 7.37. The normalized spacial score (nSPS) is 11.1. The number of fused-ring (bicyclic) bond motifs is 1. The molecule has 0 fully saturated rings. The molecule has 0 saturated heterocycles. The topological polar surface area (TPSA) is 39.4 Å². The fraction of sp³-hybridized carbons (Fsp3) is 0.273. The minimum absolute atomic E-state index is 0.217. The maximum atomic E-state index is 12.0. The van der Waals surface area contributed by atoms with Gasteiger partial charge in [0.15, 0.2) is 0 Å². The Labute approximate surface area is 158 Å². The van der Waals surface area contributed by atoms with Crippen LogP contribution in [-0.4, -0.2) is 12.6 Å². The largest absolute Gasteiger partial charge is 0.465 e. The van der Waals surface area contributed by atoms with E-state index in [0.29, 0.717) is 18.3 Å². The standard InChI is InChI=1S/C22H22O3S/c1-14(2)13-24-22(23)11-16-5-4-6-17(10-16)20-12-21(26)18-9-15(3)7-8-19(18)25-20/h4-10,12,14H,11,13H2,1-3H3. The van der Waals surface area contributed by atoms with Crippen molar-refractivity contribution in [3.05, 3.63) is 64.2 Å². The number of esters is 1. The Hall–Kier alpha value is -2.46. The molecule has 3 aromatic rings. The van der Waals surface area contributed by atoms with Crippen molar-refractivity contribution >= 4 is 29.2 Å². The average Bonchev–Trinajstić information content (AvgIpc) is 2.60. The van der Waals surface area contributed by atoms with Crippen LogP contribution >= 0.6 is 12.2 Å². The molecule has 3 nitrogen and oxygen atoms in total. The molecule has 0 aliphatic heterocycles. The lowest BCUT2D eigenvalue weighted by atomic mass is 10.1.